The highest BCUT2D eigenvalue weighted by Crippen LogP contribution is 2.30. The summed E-state index contributed by atoms with van der Waals surface area (Å²) in [5.74, 6) is 1.52. The molecule has 6 nitrogen and oxygen atoms in total. The third kappa shape index (κ3) is 2.44. The van der Waals surface area contributed by atoms with Crippen LogP contribution in [0.25, 0.3) is 21.7 Å². The van der Waals surface area contributed by atoms with Crippen LogP contribution in [-0.4, -0.2) is 34.0 Å². The molecule has 0 spiro atoms. The zero-order chi connectivity index (χ0) is 16.8. The molecular weight excluding hydrogens is 338 g/mol. The Kier molecular flexibility index (Phi) is 3.21. The maximum Gasteiger partial charge on any atom is 0.289 e. The maximum atomic E-state index is 12.5. The molecule has 1 fully saturated rings. The topological polar surface area (TPSA) is 72.4 Å². The molecule has 1 aliphatic heterocycles. The van der Waals surface area contributed by atoms with Gasteiger partial charge in [0, 0.05) is 18.5 Å². The highest BCUT2D eigenvalue weighted by Gasteiger charge is 2.37. The fraction of sp³-hybridized carbons (Fsp3) is 0.167. The number of carbonyl (C=O) groups is 1. The van der Waals surface area contributed by atoms with Crippen LogP contribution < -0.4 is 0 Å². The van der Waals surface area contributed by atoms with Crippen molar-refractivity contribution in [2.75, 3.05) is 13.1 Å². The van der Waals surface area contributed by atoms with Gasteiger partial charge in [0.1, 0.15) is 5.58 Å². The van der Waals surface area contributed by atoms with E-state index in [-0.39, 0.29) is 11.8 Å². The normalized spacial score (nSPS) is 14.8. The molecule has 0 unspecified atom stereocenters. The molecule has 1 aliphatic rings. The van der Waals surface area contributed by atoms with E-state index in [0.717, 1.165) is 15.8 Å². The summed E-state index contributed by atoms with van der Waals surface area (Å²) in [6.07, 6.45) is 0. The number of thiophene rings is 1. The average molecular weight is 351 g/mol. The van der Waals surface area contributed by atoms with Gasteiger partial charge in [0.25, 0.3) is 5.91 Å². The van der Waals surface area contributed by atoms with Gasteiger partial charge < -0.3 is 13.8 Å². The van der Waals surface area contributed by atoms with Crippen molar-refractivity contribution in [3.63, 3.8) is 0 Å². The molecule has 25 heavy (non-hydrogen) atoms. The number of benzene rings is 1. The van der Waals surface area contributed by atoms with Gasteiger partial charge in [-0.25, -0.2) is 0 Å². The number of para-hydroxylation sites is 1. The van der Waals surface area contributed by atoms with E-state index in [4.69, 9.17) is 8.94 Å². The number of amides is 1. The summed E-state index contributed by atoms with van der Waals surface area (Å²) in [5, 5.41) is 6.93. The quantitative estimate of drug-likeness (QED) is 0.561. The van der Waals surface area contributed by atoms with E-state index in [1.807, 2.05) is 41.8 Å². The molecule has 0 N–H and O–H groups in total. The minimum atomic E-state index is -0.106. The summed E-state index contributed by atoms with van der Waals surface area (Å²) in [6.45, 7) is 1.11. The van der Waals surface area contributed by atoms with Crippen LogP contribution in [0.1, 0.15) is 22.4 Å². The highest BCUT2D eigenvalue weighted by molar-refractivity contribution is 7.13. The molecule has 4 aromatic rings. The molecule has 0 atom stereocenters. The average Bonchev–Trinajstić information content (AvgIpc) is 3.32. The lowest BCUT2D eigenvalue weighted by Gasteiger charge is -2.36. The lowest BCUT2D eigenvalue weighted by molar-refractivity contribution is 0.0539. The first-order valence-corrected chi connectivity index (χ1v) is 8.81. The first-order chi connectivity index (χ1) is 12.3. The van der Waals surface area contributed by atoms with Crippen molar-refractivity contribution in [2.45, 2.75) is 5.92 Å². The van der Waals surface area contributed by atoms with Crippen LogP contribution in [0.5, 0.6) is 0 Å². The summed E-state index contributed by atoms with van der Waals surface area (Å²) in [7, 11) is 0. The van der Waals surface area contributed by atoms with Crippen molar-refractivity contribution >= 4 is 28.2 Å². The Morgan fingerprint density at radius 3 is 2.88 bits per heavy atom. The second kappa shape index (κ2) is 5.56. The van der Waals surface area contributed by atoms with Gasteiger partial charge in [0.2, 0.25) is 11.7 Å². The van der Waals surface area contributed by atoms with Crippen molar-refractivity contribution < 1.29 is 13.7 Å². The summed E-state index contributed by atoms with van der Waals surface area (Å²) >= 11 is 1.57. The number of fused-ring (bicyclic) bond motifs is 1. The zero-order valence-corrected chi connectivity index (χ0v) is 13.9. The second-order valence-electron chi connectivity index (χ2n) is 5.99. The molecule has 124 valence electrons. The Labute approximate surface area is 146 Å². The number of nitrogens with zero attached hydrogens (tertiary/aromatic N) is 3. The maximum absolute atomic E-state index is 12.5. The van der Waals surface area contributed by atoms with Crippen molar-refractivity contribution in [3.05, 3.63) is 59.5 Å². The number of aromatic nitrogens is 2. The van der Waals surface area contributed by atoms with Crippen LogP contribution in [-0.2, 0) is 0 Å². The van der Waals surface area contributed by atoms with Gasteiger partial charge >= 0.3 is 0 Å². The van der Waals surface area contributed by atoms with Gasteiger partial charge in [-0.3, -0.25) is 4.79 Å². The molecule has 4 heterocycles. The molecule has 1 amide bonds. The number of likely N-dealkylation sites (tertiary alicyclic amines) is 1. The SMILES string of the molecule is O=C(c1cc2ccccc2o1)N1CC(c2nc(-c3cccs3)no2)C1. The van der Waals surface area contributed by atoms with Crippen molar-refractivity contribution in [3.8, 4) is 10.7 Å². The van der Waals surface area contributed by atoms with Crippen LogP contribution in [0.3, 0.4) is 0 Å². The lowest BCUT2D eigenvalue weighted by Crippen LogP contribution is -2.48. The molecule has 1 saturated heterocycles. The van der Waals surface area contributed by atoms with Gasteiger partial charge in [-0.05, 0) is 23.6 Å². The third-order valence-corrected chi connectivity index (χ3v) is 5.20. The smallest absolute Gasteiger partial charge is 0.289 e. The summed E-state index contributed by atoms with van der Waals surface area (Å²) in [5.41, 5.74) is 0.723. The fourth-order valence-electron chi connectivity index (χ4n) is 2.95. The minimum Gasteiger partial charge on any atom is -0.451 e. The number of furan rings is 1. The highest BCUT2D eigenvalue weighted by atomic mass is 32.1. The molecule has 3 aromatic heterocycles. The lowest BCUT2D eigenvalue weighted by atomic mass is 10.00. The Morgan fingerprint density at radius 2 is 2.08 bits per heavy atom. The van der Waals surface area contributed by atoms with Gasteiger partial charge in [0.15, 0.2) is 5.76 Å². The van der Waals surface area contributed by atoms with Gasteiger partial charge in [-0.2, -0.15) is 4.98 Å². The summed E-state index contributed by atoms with van der Waals surface area (Å²) in [4.78, 5) is 19.7. The molecule has 0 aliphatic carbocycles. The molecule has 1 aromatic carbocycles. The first kappa shape index (κ1) is 14.4. The predicted molar refractivity (Wildman–Crippen MR) is 92.5 cm³/mol. The molecule has 5 rings (SSSR count). The minimum absolute atomic E-state index is 0.0783. The fourth-order valence-corrected chi connectivity index (χ4v) is 3.60. The second-order valence-corrected chi connectivity index (χ2v) is 6.94. The molecule has 0 saturated carbocycles. The standard InChI is InChI=1S/C18H13N3O3S/c22-18(14-8-11-4-1-2-5-13(11)23-14)21-9-12(10-21)17-19-16(20-24-17)15-6-3-7-25-15/h1-8,12H,9-10H2. The monoisotopic (exact) mass is 351 g/mol. The Bertz CT molecular complexity index is 1010. The summed E-state index contributed by atoms with van der Waals surface area (Å²) < 4.78 is 11.0. The third-order valence-electron chi connectivity index (χ3n) is 4.34. The van der Waals surface area contributed by atoms with E-state index >= 15 is 0 Å². The van der Waals surface area contributed by atoms with Crippen LogP contribution in [0.4, 0.5) is 0 Å². The Morgan fingerprint density at radius 1 is 1.20 bits per heavy atom. The number of carbonyl (C=O) groups excluding carboxylic acids is 1. The summed E-state index contributed by atoms with van der Waals surface area (Å²) in [6, 6.07) is 13.3. The Balaban J connectivity index is 1.29. The molecular formula is C18H13N3O3S. The van der Waals surface area contributed by atoms with E-state index in [1.165, 1.54) is 0 Å². The predicted octanol–water partition coefficient (Wildman–Crippen LogP) is 3.78. The van der Waals surface area contributed by atoms with E-state index in [2.05, 4.69) is 10.1 Å². The van der Waals surface area contributed by atoms with Crippen LogP contribution >= 0.6 is 11.3 Å². The number of hydrogen-bond donors (Lipinski definition) is 0. The number of rotatable bonds is 3. The van der Waals surface area contributed by atoms with Crippen molar-refractivity contribution in [1.29, 1.82) is 0 Å². The Hall–Kier alpha value is -2.93. The van der Waals surface area contributed by atoms with E-state index in [9.17, 15) is 4.79 Å². The van der Waals surface area contributed by atoms with Gasteiger partial charge in [-0.1, -0.05) is 29.4 Å². The first-order valence-electron chi connectivity index (χ1n) is 7.93. The van der Waals surface area contributed by atoms with Crippen LogP contribution in [0.15, 0.2) is 56.8 Å². The van der Waals surface area contributed by atoms with Gasteiger partial charge in [0.05, 0.1) is 10.8 Å². The van der Waals surface area contributed by atoms with Gasteiger partial charge in [-0.15, -0.1) is 11.3 Å². The van der Waals surface area contributed by atoms with E-state index < -0.39 is 0 Å². The largest absolute Gasteiger partial charge is 0.451 e. The van der Waals surface area contributed by atoms with Crippen LogP contribution in [0, 0.1) is 0 Å². The molecule has 0 radical (unpaired) electrons. The molecule has 0 bridgehead atoms. The van der Waals surface area contributed by atoms with Crippen molar-refractivity contribution in [1.82, 2.24) is 15.0 Å². The molecule has 7 heteroatoms. The van der Waals surface area contributed by atoms with Crippen LogP contribution in [0.2, 0.25) is 0 Å². The zero-order valence-electron chi connectivity index (χ0n) is 13.1. The van der Waals surface area contributed by atoms with E-state index in [1.54, 1.807) is 22.3 Å². The van der Waals surface area contributed by atoms with Crippen molar-refractivity contribution in [2.24, 2.45) is 0 Å². The number of hydrogen-bond acceptors (Lipinski definition) is 6. The van der Waals surface area contributed by atoms with E-state index in [0.29, 0.717) is 30.6 Å².